The van der Waals surface area contributed by atoms with Crippen LogP contribution in [-0.4, -0.2) is 16.9 Å². The molecule has 0 spiro atoms. The molecule has 0 saturated heterocycles. The van der Waals surface area contributed by atoms with Gasteiger partial charge in [-0.2, -0.15) is 5.10 Å². The molecule has 4 heteroatoms. The van der Waals surface area contributed by atoms with Gasteiger partial charge in [-0.3, -0.25) is 4.68 Å². The number of benzene rings is 1. The fraction of sp³-hybridized carbons (Fsp3) is 0.250. The Labute approximate surface area is 94.6 Å². The van der Waals surface area contributed by atoms with Crippen molar-refractivity contribution in [1.82, 2.24) is 9.78 Å². The molecule has 0 aliphatic carbocycles. The van der Waals surface area contributed by atoms with Crippen molar-refractivity contribution < 1.29 is 4.74 Å². The Morgan fingerprint density at radius 3 is 2.81 bits per heavy atom. The number of nitrogen functional groups attached to an aromatic ring is 1. The summed E-state index contributed by atoms with van der Waals surface area (Å²) in [4.78, 5) is 0. The predicted molar refractivity (Wildman–Crippen MR) is 63.4 cm³/mol. The molecule has 0 unspecified atom stereocenters. The number of aromatic nitrogens is 2. The second-order valence-corrected chi connectivity index (χ2v) is 3.69. The molecule has 0 amide bonds. The summed E-state index contributed by atoms with van der Waals surface area (Å²) in [5.74, 6) is 0.825. The van der Waals surface area contributed by atoms with Crippen molar-refractivity contribution in [3.63, 3.8) is 0 Å². The van der Waals surface area contributed by atoms with Crippen molar-refractivity contribution in [3.05, 3.63) is 41.7 Å². The lowest BCUT2D eigenvalue weighted by molar-refractivity contribution is 0.414. The predicted octanol–water partition coefficient (Wildman–Crippen LogP) is 1.60. The fourth-order valence-electron chi connectivity index (χ4n) is 1.63. The molecule has 84 valence electrons. The van der Waals surface area contributed by atoms with Crippen LogP contribution in [0.5, 0.6) is 5.75 Å². The molecule has 1 heterocycles. The summed E-state index contributed by atoms with van der Waals surface area (Å²) < 4.78 is 7.03. The average Bonchev–Trinajstić information content (AvgIpc) is 2.68. The van der Waals surface area contributed by atoms with Gasteiger partial charge in [0.25, 0.3) is 0 Å². The Kier molecular flexibility index (Phi) is 2.81. The summed E-state index contributed by atoms with van der Waals surface area (Å²) in [6.45, 7) is 0. The van der Waals surface area contributed by atoms with Crippen molar-refractivity contribution in [1.29, 1.82) is 0 Å². The van der Waals surface area contributed by atoms with E-state index in [2.05, 4.69) is 5.10 Å². The van der Waals surface area contributed by atoms with Gasteiger partial charge >= 0.3 is 0 Å². The second kappa shape index (κ2) is 4.26. The van der Waals surface area contributed by atoms with Crippen molar-refractivity contribution in [3.8, 4) is 5.75 Å². The van der Waals surface area contributed by atoms with E-state index in [1.54, 1.807) is 13.3 Å². The van der Waals surface area contributed by atoms with Crippen molar-refractivity contribution in [2.75, 3.05) is 12.8 Å². The van der Waals surface area contributed by atoms with E-state index in [-0.39, 0.29) is 0 Å². The van der Waals surface area contributed by atoms with Gasteiger partial charge < -0.3 is 10.5 Å². The van der Waals surface area contributed by atoms with Crippen molar-refractivity contribution >= 4 is 5.69 Å². The minimum Gasteiger partial charge on any atom is -0.497 e. The van der Waals surface area contributed by atoms with E-state index in [0.29, 0.717) is 0 Å². The smallest absolute Gasteiger partial charge is 0.119 e. The van der Waals surface area contributed by atoms with Crippen molar-refractivity contribution in [2.24, 2.45) is 7.05 Å². The lowest BCUT2D eigenvalue weighted by Crippen LogP contribution is -2.02. The molecule has 16 heavy (non-hydrogen) atoms. The SMILES string of the molecule is COc1ccc(N)c(Cc2ccnn2C)c1. The zero-order valence-electron chi connectivity index (χ0n) is 9.47. The summed E-state index contributed by atoms with van der Waals surface area (Å²) in [5, 5.41) is 4.13. The standard InChI is InChI=1S/C12H15N3O/c1-15-10(5-6-14-15)7-9-8-11(16-2)3-4-12(9)13/h3-6,8H,7,13H2,1-2H3. The molecule has 0 aliphatic rings. The normalized spacial score (nSPS) is 10.4. The zero-order valence-corrected chi connectivity index (χ0v) is 9.47. The molecule has 2 N–H and O–H groups in total. The molecular formula is C12H15N3O. The van der Waals surface area contributed by atoms with Gasteiger partial charge in [0.2, 0.25) is 0 Å². The first-order valence-corrected chi connectivity index (χ1v) is 5.10. The quantitative estimate of drug-likeness (QED) is 0.794. The lowest BCUT2D eigenvalue weighted by atomic mass is 10.1. The summed E-state index contributed by atoms with van der Waals surface area (Å²) in [7, 11) is 3.57. The van der Waals surface area contributed by atoms with Gasteiger partial charge in [-0.1, -0.05) is 0 Å². The van der Waals surface area contributed by atoms with Gasteiger partial charge in [0, 0.05) is 31.0 Å². The van der Waals surface area contributed by atoms with Crippen LogP contribution in [0.4, 0.5) is 5.69 Å². The van der Waals surface area contributed by atoms with Gasteiger partial charge in [-0.25, -0.2) is 0 Å². The average molecular weight is 217 g/mol. The van der Waals surface area contributed by atoms with E-state index < -0.39 is 0 Å². The number of rotatable bonds is 3. The first-order valence-electron chi connectivity index (χ1n) is 5.10. The Balaban J connectivity index is 2.30. The van der Waals surface area contributed by atoms with Gasteiger partial charge in [-0.15, -0.1) is 0 Å². The number of aryl methyl sites for hydroxylation is 1. The minimum absolute atomic E-state index is 0.763. The summed E-state index contributed by atoms with van der Waals surface area (Å²) in [6.07, 6.45) is 2.55. The molecule has 0 atom stereocenters. The topological polar surface area (TPSA) is 53.1 Å². The highest BCUT2D eigenvalue weighted by atomic mass is 16.5. The highest BCUT2D eigenvalue weighted by Crippen LogP contribution is 2.21. The molecule has 1 aromatic carbocycles. The zero-order chi connectivity index (χ0) is 11.5. The summed E-state index contributed by atoms with van der Waals surface area (Å²) >= 11 is 0. The third kappa shape index (κ3) is 2.00. The number of anilines is 1. The minimum atomic E-state index is 0.763. The van der Waals surface area contributed by atoms with Gasteiger partial charge in [-0.05, 0) is 29.8 Å². The molecule has 0 radical (unpaired) electrons. The Bertz CT molecular complexity index is 491. The molecule has 0 saturated carbocycles. The number of nitrogens with zero attached hydrogens (tertiary/aromatic N) is 2. The van der Waals surface area contributed by atoms with Crippen LogP contribution in [0.1, 0.15) is 11.3 Å². The Morgan fingerprint density at radius 1 is 1.38 bits per heavy atom. The fourth-order valence-corrected chi connectivity index (χ4v) is 1.63. The third-order valence-corrected chi connectivity index (χ3v) is 2.64. The number of methoxy groups -OCH3 is 1. The van der Waals surface area contributed by atoms with Crippen LogP contribution < -0.4 is 10.5 Å². The van der Waals surface area contributed by atoms with Crippen LogP contribution in [0.15, 0.2) is 30.5 Å². The van der Waals surface area contributed by atoms with E-state index in [0.717, 1.165) is 29.1 Å². The molecule has 4 nitrogen and oxygen atoms in total. The highest BCUT2D eigenvalue weighted by molar-refractivity contribution is 5.51. The molecular weight excluding hydrogens is 202 g/mol. The largest absolute Gasteiger partial charge is 0.497 e. The maximum Gasteiger partial charge on any atom is 0.119 e. The van der Waals surface area contributed by atoms with Crippen LogP contribution in [-0.2, 0) is 13.5 Å². The Hall–Kier alpha value is -1.97. The van der Waals surface area contributed by atoms with E-state index in [1.165, 1.54) is 0 Å². The highest BCUT2D eigenvalue weighted by Gasteiger charge is 2.05. The molecule has 0 aliphatic heterocycles. The van der Waals surface area contributed by atoms with Gasteiger partial charge in [0.1, 0.15) is 5.75 Å². The van der Waals surface area contributed by atoms with E-state index in [4.69, 9.17) is 10.5 Å². The number of nitrogens with two attached hydrogens (primary N) is 1. The summed E-state index contributed by atoms with van der Waals surface area (Å²) in [5.41, 5.74) is 8.89. The number of hydrogen-bond acceptors (Lipinski definition) is 3. The van der Waals surface area contributed by atoms with Crippen LogP contribution in [0.3, 0.4) is 0 Å². The number of ether oxygens (including phenoxy) is 1. The number of hydrogen-bond donors (Lipinski definition) is 1. The van der Waals surface area contributed by atoms with Gasteiger partial charge in [0.05, 0.1) is 7.11 Å². The van der Waals surface area contributed by atoms with E-state index >= 15 is 0 Å². The maximum absolute atomic E-state index is 5.93. The first kappa shape index (κ1) is 10.5. The van der Waals surface area contributed by atoms with Crippen LogP contribution in [0.2, 0.25) is 0 Å². The molecule has 0 fully saturated rings. The first-order chi connectivity index (χ1) is 7.70. The van der Waals surface area contributed by atoms with Crippen molar-refractivity contribution in [2.45, 2.75) is 6.42 Å². The molecule has 2 rings (SSSR count). The lowest BCUT2D eigenvalue weighted by Gasteiger charge is -2.08. The molecule has 0 bridgehead atoms. The van der Waals surface area contributed by atoms with E-state index in [1.807, 2.05) is 36.0 Å². The van der Waals surface area contributed by atoms with Crippen LogP contribution in [0.25, 0.3) is 0 Å². The van der Waals surface area contributed by atoms with Crippen LogP contribution in [0, 0.1) is 0 Å². The van der Waals surface area contributed by atoms with Crippen LogP contribution >= 0.6 is 0 Å². The summed E-state index contributed by atoms with van der Waals surface area (Å²) in [6, 6.07) is 7.67. The maximum atomic E-state index is 5.93. The molecule has 2 aromatic rings. The van der Waals surface area contributed by atoms with E-state index in [9.17, 15) is 0 Å². The molecule has 1 aromatic heterocycles. The van der Waals surface area contributed by atoms with Gasteiger partial charge in [0.15, 0.2) is 0 Å². The second-order valence-electron chi connectivity index (χ2n) is 3.69. The third-order valence-electron chi connectivity index (χ3n) is 2.64. The monoisotopic (exact) mass is 217 g/mol. The Morgan fingerprint density at radius 2 is 2.19 bits per heavy atom.